The molecule has 0 spiro atoms. The van der Waals surface area contributed by atoms with Gasteiger partial charge in [0, 0.05) is 5.69 Å². The molecule has 0 radical (unpaired) electrons. The van der Waals surface area contributed by atoms with Crippen LogP contribution in [0.4, 0.5) is 30.4 Å². The number of aromatic nitrogens is 4. The van der Waals surface area contributed by atoms with Gasteiger partial charge in [-0.05, 0) is 37.3 Å². The Morgan fingerprint density at radius 3 is 2.81 bits per heavy atom. The summed E-state index contributed by atoms with van der Waals surface area (Å²) in [4.78, 5) is 11.7. The highest BCUT2D eigenvalue weighted by Gasteiger charge is 2.37. The van der Waals surface area contributed by atoms with E-state index in [1.165, 1.54) is 12.1 Å². The molecular weight excluding hydrogens is 353 g/mol. The zero-order valence-electron chi connectivity index (χ0n) is 13.2. The third-order valence-corrected chi connectivity index (χ3v) is 3.70. The Bertz CT molecular complexity index is 1020. The minimum absolute atomic E-state index is 0.0250. The largest absolute Gasteiger partial charge is 0.479 e. The van der Waals surface area contributed by atoms with E-state index >= 15 is 0 Å². The summed E-state index contributed by atoms with van der Waals surface area (Å²) in [6, 6.07) is 7.74. The first-order chi connectivity index (χ1) is 12.3. The highest BCUT2D eigenvalue weighted by Crippen LogP contribution is 2.33. The van der Waals surface area contributed by atoms with Gasteiger partial charge in [0.15, 0.2) is 17.6 Å². The Labute approximate surface area is 144 Å². The van der Waals surface area contributed by atoms with Gasteiger partial charge < -0.3 is 15.4 Å². The Morgan fingerprint density at radius 1 is 1.23 bits per heavy atom. The van der Waals surface area contributed by atoms with Crippen molar-refractivity contribution in [3.63, 3.8) is 0 Å². The molecule has 0 saturated carbocycles. The Hall–Kier alpha value is -3.37. The number of anilines is 3. The van der Waals surface area contributed by atoms with Crippen LogP contribution in [0.1, 0.15) is 12.7 Å². The van der Waals surface area contributed by atoms with Crippen molar-refractivity contribution in [2.45, 2.75) is 19.2 Å². The van der Waals surface area contributed by atoms with Crippen LogP contribution in [0.3, 0.4) is 0 Å². The molecule has 1 unspecified atom stereocenters. The van der Waals surface area contributed by atoms with E-state index in [9.17, 15) is 18.0 Å². The smallest absolute Gasteiger partial charge is 0.453 e. The quantitative estimate of drug-likeness (QED) is 0.726. The zero-order valence-corrected chi connectivity index (χ0v) is 13.2. The van der Waals surface area contributed by atoms with Gasteiger partial charge in [0.2, 0.25) is 0 Å². The Balaban J connectivity index is 1.65. The molecule has 4 rings (SSSR count). The molecule has 1 aliphatic heterocycles. The molecule has 134 valence electrons. The topological polar surface area (TPSA) is 93.4 Å². The van der Waals surface area contributed by atoms with Crippen LogP contribution in [0.25, 0.3) is 5.65 Å². The van der Waals surface area contributed by atoms with Gasteiger partial charge in [-0.2, -0.15) is 17.7 Å². The molecule has 1 aromatic carbocycles. The summed E-state index contributed by atoms with van der Waals surface area (Å²) in [6.07, 6.45) is -5.27. The van der Waals surface area contributed by atoms with E-state index in [2.05, 4.69) is 25.9 Å². The molecule has 0 saturated heterocycles. The SMILES string of the molecule is CC1Oc2ccc(Nc3ccc4nnc(C(F)(F)F)n4n3)cc2NC1=O. The summed E-state index contributed by atoms with van der Waals surface area (Å²) in [6.45, 7) is 1.63. The summed E-state index contributed by atoms with van der Waals surface area (Å²) >= 11 is 0. The average molecular weight is 364 g/mol. The van der Waals surface area contributed by atoms with Crippen molar-refractivity contribution in [3.05, 3.63) is 36.2 Å². The maximum absolute atomic E-state index is 12.9. The molecule has 8 nitrogen and oxygen atoms in total. The van der Waals surface area contributed by atoms with Crippen molar-refractivity contribution >= 4 is 28.7 Å². The lowest BCUT2D eigenvalue weighted by Crippen LogP contribution is -2.34. The van der Waals surface area contributed by atoms with E-state index in [1.807, 2.05) is 0 Å². The second-order valence-electron chi connectivity index (χ2n) is 5.60. The normalized spacial score (nSPS) is 16.8. The standard InChI is InChI=1S/C15H11F3N6O2/c1-7-13(25)20-9-6-8(2-3-10(9)26-7)19-11-4-5-12-21-22-14(15(16,17)18)24(12)23-11/h2-7H,1H3,(H,19,23)(H,20,25). The van der Waals surface area contributed by atoms with Crippen molar-refractivity contribution in [1.29, 1.82) is 0 Å². The number of ether oxygens (including phenoxy) is 1. The van der Waals surface area contributed by atoms with Crippen molar-refractivity contribution in [2.24, 2.45) is 0 Å². The highest BCUT2D eigenvalue weighted by molar-refractivity contribution is 5.98. The van der Waals surface area contributed by atoms with Crippen LogP contribution in [-0.4, -0.2) is 31.8 Å². The van der Waals surface area contributed by atoms with Gasteiger partial charge >= 0.3 is 6.18 Å². The van der Waals surface area contributed by atoms with E-state index in [-0.39, 0.29) is 17.4 Å². The van der Waals surface area contributed by atoms with Gasteiger partial charge in [-0.15, -0.1) is 15.3 Å². The van der Waals surface area contributed by atoms with Crippen LogP contribution >= 0.6 is 0 Å². The maximum atomic E-state index is 12.9. The van der Waals surface area contributed by atoms with E-state index in [0.29, 0.717) is 21.6 Å². The second-order valence-corrected chi connectivity index (χ2v) is 5.60. The van der Waals surface area contributed by atoms with Crippen LogP contribution in [0.5, 0.6) is 5.75 Å². The first-order valence-electron chi connectivity index (χ1n) is 7.49. The first-order valence-corrected chi connectivity index (χ1v) is 7.49. The summed E-state index contributed by atoms with van der Waals surface area (Å²) in [7, 11) is 0. The number of nitrogens with one attached hydrogen (secondary N) is 2. The number of benzene rings is 1. The number of carbonyl (C=O) groups excluding carboxylic acids is 1. The summed E-state index contributed by atoms with van der Waals surface area (Å²) in [5.41, 5.74) is 0.943. The van der Waals surface area contributed by atoms with Crippen LogP contribution in [0, 0.1) is 0 Å². The molecule has 1 amide bonds. The Kier molecular flexibility index (Phi) is 3.46. The van der Waals surface area contributed by atoms with Crippen LogP contribution in [0.15, 0.2) is 30.3 Å². The molecule has 3 heterocycles. The number of hydrogen-bond acceptors (Lipinski definition) is 6. The molecule has 3 aromatic rings. The van der Waals surface area contributed by atoms with Gasteiger partial charge in [-0.3, -0.25) is 4.79 Å². The fourth-order valence-electron chi connectivity index (χ4n) is 2.47. The zero-order chi connectivity index (χ0) is 18.5. The van der Waals surface area contributed by atoms with Gasteiger partial charge in [0.05, 0.1) is 5.69 Å². The molecular formula is C15H11F3N6O2. The van der Waals surface area contributed by atoms with Gasteiger partial charge in [-0.25, -0.2) is 0 Å². The fourth-order valence-corrected chi connectivity index (χ4v) is 2.47. The number of nitrogens with zero attached hydrogens (tertiary/aromatic N) is 4. The van der Waals surface area contributed by atoms with Gasteiger partial charge in [0.25, 0.3) is 11.7 Å². The minimum Gasteiger partial charge on any atom is -0.479 e. The number of carbonyl (C=O) groups is 1. The Morgan fingerprint density at radius 2 is 2.04 bits per heavy atom. The molecule has 11 heteroatoms. The number of fused-ring (bicyclic) bond motifs is 2. The lowest BCUT2D eigenvalue weighted by molar-refractivity contribution is -0.146. The molecule has 0 bridgehead atoms. The van der Waals surface area contributed by atoms with Crippen LogP contribution in [-0.2, 0) is 11.0 Å². The van der Waals surface area contributed by atoms with Crippen LogP contribution < -0.4 is 15.4 Å². The minimum atomic E-state index is -4.67. The molecule has 2 aromatic heterocycles. The van der Waals surface area contributed by atoms with Crippen molar-refractivity contribution < 1.29 is 22.7 Å². The number of alkyl halides is 3. The van der Waals surface area contributed by atoms with Crippen molar-refractivity contribution in [1.82, 2.24) is 19.8 Å². The third kappa shape index (κ3) is 2.76. The van der Waals surface area contributed by atoms with Gasteiger partial charge in [0.1, 0.15) is 5.75 Å². The number of halogens is 3. The van der Waals surface area contributed by atoms with Crippen molar-refractivity contribution in [2.75, 3.05) is 10.6 Å². The van der Waals surface area contributed by atoms with Crippen molar-refractivity contribution in [3.8, 4) is 5.75 Å². The molecule has 1 aliphatic rings. The number of amides is 1. The molecule has 2 N–H and O–H groups in total. The third-order valence-electron chi connectivity index (χ3n) is 3.70. The molecule has 1 atom stereocenters. The molecule has 26 heavy (non-hydrogen) atoms. The van der Waals surface area contributed by atoms with Gasteiger partial charge in [-0.1, -0.05) is 0 Å². The summed E-state index contributed by atoms with van der Waals surface area (Å²) in [5.74, 6) is -0.840. The number of hydrogen-bond donors (Lipinski definition) is 2. The average Bonchev–Trinajstić information content (AvgIpc) is 2.99. The summed E-state index contributed by atoms with van der Waals surface area (Å²) in [5, 5.41) is 16.0. The monoisotopic (exact) mass is 364 g/mol. The van der Waals surface area contributed by atoms with Crippen LogP contribution in [0.2, 0.25) is 0 Å². The highest BCUT2D eigenvalue weighted by atomic mass is 19.4. The molecule has 0 fully saturated rings. The number of rotatable bonds is 2. The van der Waals surface area contributed by atoms with E-state index in [4.69, 9.17) is 4.74 Å². The first kappa shape index (κ1) is 16.1. The second kappa shape index (κ2) is 5.58. The molecule has 0 aliphatic carbocycles. The van der Waals surface area contributed by atoms with E-state index < -0.39 is 18.1 Å². The van der Waals surface area contributed by atoms with E-state index in [0.717, 1.165) is 0 Å². The predicted molar refractivity (Wildman–Crippen MR) is 84.2 cm³/mol. The predicted octanol–water partition coefficient (Wildman–Crippen LogP) is 2.61. The maximum Gasteiger partial charge on any atom is 0.453 e. The summed E-state index contributed by atoms with van der Waals surface area (Å²) < 4.78 is 44.9. The van der Waals surface area contributed by atoms with E-state index in [1.54, 1.807) is 25.1 Å². The fraction of sp³-hybridized carbons (Fsp3) is 0.200. The lowest BCUT2D eigenvalue weighted by atomic mass is 10.2. The lowest BCUT2D eigenvalue weighted by Gasteiger charge is -2.23.